The standard InChI is InChI=1S/C12H14F3N3O5/c1-5-4-18(11(22)17-9(5)20)8-2-6(19)7(23-8)3-16-10(21)12(13,14)15/h4,6-8,19H,2-3H2,1H3,(H,16,21)(H,17,20,22)/t6-,7+,8+/m0/s1. The van der Waals surface area contributed by atoms with E-state index < -0.39 is 48.3 Å². The summed E-state index contributed by atoms with van der Waals surface area (Å²) in [5.41, 5.74) is -1.10. The first-order valence-corrected chi connectivity index (χ1v) is 6.60. The first-order valence-electron chi connectivity index (χ1n) is 6.60. The number of amides is 1. The molecule has 1 aliphatic rings. The van der Waals surface area contributed by atoms with Crippen molar-refractivity contribution in [2.45, 2.75) is 38.0 Å². The van der Waals surface area contributed by atoms with Crippen LogP contribution in [0.2, 0.25) is 0 Å². The largest absolute Gasteiger partial charge is 0.471 e. The quantitative estimate of drug-likeness (QED) is 0.666. The second kappa shape index (κ2) is 6.16. The number of alkyl halides is 3. The van der Waals surface area contributed by atoms with Gasteiger partial charge in [-0.15, -0.1) is 0 Å². The Hall–Kier alpha value is -2.14. The number of carbonyl (C=O) groups is 1. The van der Waals surface area contributed by atoms with Gasteiger partial charge in [-0.1, -0.05) is 0 Å². The molecule has 1 fully saturated rings. The second-order valence-corrected chi connectivity index (χ2v) is 5.12. The molecule has 23 heavy (non-hydrogen) atoms. The van der Waals surface area contributed by atoms with Crippen LogP contribution >= 0.6 is 0 Å². The smallest absolute Gasteiger partial charge is 0.390 e. The Bertz CT molecular complexity index is 711. The highest BCUT2D eigenvalue weighted by Gasteiger charge is 2.41. The van der Waals surface area contributed by atoms with E-state index in [0.29, 0.717) is 0 Å². The van der Waals surface area contributed by atoms with Crippen molar-refractivity contribution in [2.75, 3.05) is 6.54 Å². The van der Waals surface area contributed by atoms with E-state index in [2.05, 4.69) is 4.98 Å². The second-order valence-electron chi connectivity index (χ2n) is 5.12. The Balaban J connectivity index is 2.07. The fourth-order valence-corrected chi connectivity index (χ4v) is 2.16. The van der Waals surface area contributed by atoms with Gasteiger partial charge in [0.05, 0.1) is 6.10 Å². The first kappa shape index (κ1) is 17.2. The van der Waals surface area contributed by atoms with Gasteiger partial charge < -0.3 is 15.2 Å². The predicted molar refractivity (Wildman–Crippen MR) is 69.7 cm³/mol. The number of ether oxygens (including phenoxy) is 1. The van der Waals surface area contributed by atoms with E-state index in [0.717, 1.165) is 4.57 Å². The van der Waals surface area contributed by atoms with Crippen molar-refractivity contribution in [3.63, 3.8) is 0 Å². The summed E-state index contributed by atoms with van der Waals surface area (Å²) < 4.78 is 42.6. The Kier molecular flexibility index (Phi) is 4.61. The van der Waals surface area contributed by atoms with E-state index in [1.165, 1.54) is 13.1 Å². The number of nitrogens with zero attached hydrogens (tertiary/aromatic N) is 1. The Morgan fingerprint density at radius 2 is 2.17 bits per heavy atom. The van der Waals surface area contributed by atoms with E-state index >= 15 is 0 Å². The van der Waals surface area contributed by atoms with Crippen molar-refractivity contribution in [3.8, 4) is 0 Å². The molecule has 1 aliphatic heterocycles. The molecule has 0 spiro atoms. The van der Waals surface area contributed by atoms with Crippen molar-refractivity contribution in [2.24, 2.45) is 0 Å². The van der Waals surface area contributed by atoms with Crippen LogP contribution in [-0.4, -0.2) is 45.5 Å². The average molecular weight is 337 g/mol. The van der Waals surface area contributed by atoms with Gasteiger partial charge >= 0.3 is 17.8 Å². The Morgan fingerprint density at radius 3 is 2.78 bits per heavy atom. The summed E-state index contributed by atoms with van der Waals surface area (Å²) in [5, 5.41) is 11.4. The lowest BCUT2D eigenvalue weighted by atomic mass is 10.2. The maximum Gasteiger partial charge on any atom is 0.471 e. The van der Waals surface area contributed by atoms with Gasteiger partial charge in [0.25, 0.3) is 5.56 Å². The highest BCUT2D eigenvalue weighted by Crippen LogP contribution is 2.27. The minimum absolute atomic E-state index is 0.0715. The van der Waals surface area contributed by atoms with Crippen molar-refractivity contribution in [3.05, 3.63) is 32.6 Å². The normalized spacial score (nSPS) is 24.7. The van der Waals surface area contributed by atoms with Crippen molar-refractivity contribution in [1.82, 2.24) is 14.9 Å². The van der Waals surface area contributed by atoms with Gasteiger partial charge in [-0.3, -0.25) is 19.1 Å². The molecule has 1 aromatic heterocycles. The first-order chi connectivity index (χ1) is 10.6. The van der Waals surface area contributed by atoms with Crippen LogP contribution < -0.4 is 16.6 Å². The summed E-state index contributed by atoms with van der Waals surface area (Å²) in [6, 6.07) is 0. The zero-order valence-electron chi connectivity index (χ0n) is 11.9. The topological polar surface area (TPSA) is 113 Å². The number of aromatic amines is 1. The minimum Gasteiger partial charge on any atom is -0.390 e. The van der Waals surface area contributed by atoms with Crippen molar-refractivity contribution < 1.29 is 27.8 Å². The van der Waals surface area contributed by atoms with Gasteiger partial charge in [-0.25, -0.2) is 4.79 Å². The number of aryl methyl sites for hydroxylation is 1. The molecule has 1 saturated heterocycles. The third-order valence-corrected chi connectivity index (χ3v) is 3.38. The van der Waals surface area contributed by atoms with Crippen LogP contribution in [0.15, 0.2) is 15.8 Å². The van der Waals surface area contributed by atoms with Gasteiger partial charge in [-0.05, 0) is 6.92 Å². The van der Waals surface area contributed by atoms with Gasteiger partial charge in [0.1, 0.15) is 12.3 Å². The van der Waals surface area contributed by atoms with Crippen LogP contribution in [0.1, 0.15) is 18.2 Å². The molecule has 8 nitrogen and oxygen atoms in total. The summed E-state index contributed by atoms with van der Waals surface area (Å²) >= 11 is 0. The number of aromatic nitrogens is 2. The number of rotatable bonds is 3. The van der Waals surface area contributed by atoms with Crippen LogP contribution in [0, 0.1) is 6.92 Å². The van der Waals surface area contributed by atoms with Crippen LogP contribution in [0.25, 0.3) is 0 Å². The summed E-state index contributed by atoms with van der Waals surface area (Å²) in [7, 11) is 0. The van der Waals surface area contributed by atoms with E-state index in [9.17, 15) is 32.7 Å². The number of carbonyl (C=O) groups excluding carboxylic acids is 1. The summed E-state index contributed by atoms with van der Waals surface area (Å²) in [6.45, 7) is 0.897. The zero-order chi connectivity index (χ0) is 17.4. The SMILES string of the molecule is Cc1cn([C@H]2C[C@H](O)[C@@H](CNC(=O)C(F)(F)F)O2)c(=O)[nH]c1=O. The van der Waals surface area contributed by atoms with Crippen LogP contribution in [0.5, 0.6) is 0 Å². The summed E-state index contributed by atoms with van der Waals surface area (Å²) in [6.07, 6.45) is -7.11. The Labute approximate surface area is 126 Å². The number of H-pyrrole nitrogens is 1. The summed E-state index contributed by atoms with van der Waals surface area (Å²) in [5.74, 6) is -2.14. The van der Waals surface area contributed by atoms with Gasteiger partial charge in [0.2, 0.25) is 0 Å². The fourth-order valence-electron chi connectivity index (χ4n) is 2.16. The van der Waals surface area contributed by atoms with E-state index in [1.807, 2.05) is 0 Å². The number of aliphatic hydroxyl groups is 1. The van der Waals surface area contributed by atoms with Crippen LogP contribution in [0.3, 0.4) is 0 Å². The monoisotopic (exact) mass is 337 g/mol. The van der Waals surface area contributed by atoms with Crippen molar-refractivity contribution in [1.29, 1.82) is 0 Å². The van der Waals surface area contributed by atoms with Gasteiger partial charge in [-0.2, -0.15) is 13.2 Å². The molecule has 128 valence electrons. The minimum atomic E-state index is -5.03. The molecule has 0 radical (unpaired) electrons. The molecule has 0 saturated carbocycles. The average Bonchev–Trinajstić information content (AvgIpc) is 2.80. The summed E-state index contributed by atoms with van der Waals surface area (Å²) in [4.78, 5) is 35.8. The number of nitrogens with one attached hydrogen (secondary N) is 2. The molecule has 11 heteroatoms. The number of halogens is 3. The molecule has 3 N–H and O–H groups in total. The third kappa shape index (κ3) is 3.79. The Morgan fingerprint density at radius 1 is 1.52 bits per heavy atom. The van der Waals surface area contributed by atoms with E-state index in [4.69, 9.17) is 4.74 Å². The van der Waals surface area contributed by atoms with Crippen molar-refractivity contribution >= 4 is 5.91 Å². The molecule has 1 amide bonds. The number of hydrogen-bond donors (Lipinski definition) is 3. The van der Waals surface area contributed by atoms with E-state index in [-0.39, 0.29) is 12.0 Å². The molecule has 2 rings (SSSR count). The lowest BCUT2D eigenvalue weighted by Gasteiger charge is -2.17. The lowest BCUT2D eigenvalue weighted by Crippen LogP contribution is -2.43. The maximum absolute atomic E-state index is 12.1. The van der Waals surface area contributed by atoms with E-state index in [1.54, 1.807) is 5.32 Å². The molecule has 0 aromatic carbocycles. The maximum atomic E-state index is 12.1. The molecule has 0 unspecified atom stereocenters. The molecular weight excluding hydrogens is 323 g/mol. The van der Waals surface area contributed by atoms with Crippen LogP contribution in [-0.2, 0) is 9.53 Å². The predicted octanol–water partition coefficient (Wildman–Crippen LogP) is -0.828. The van der Waals surface area contributed by atoms with Crippen LogP contribution in [0.4, 0.5) is 13.2 Å². The lowest BCUT2D eigenvalue weighted by molar-refractivity contribution is -0.174. The molecule has 3 atom stereocenters. The molecule has 1 aromatic rings. The third-order valence-electron chi connectivity index (χ3n) is 3.38. The highest BCUT2D eigenvalue weighted by atomic mass is 19.4. The number of hydrogen-bond acceptors (Lipinski definition) is 5. The highest BCUT2D eigenvalue weighted by molar-refractivity contribution is 5.81. The van der Waals surface area contributed by atoms with Gasteiger partial charge in [0, 0.05) is 24.7 Å². The van der Waals surface area contributed by atoms with Gasteiger partial charge in [0.15, 0.2) is 0 Å². The number of aliphatic hydroxyl groups excluding tert-OH is 1. The molecule has 0 bridgehead atoms. The zero-order valence-corrected chi connectivity index (χ0v) is 11.9. The molecule has 0 aliphatic carbocycles. The molecule has 2 heterocycles. The molecular formula is C12H14F3N3O5. The fraction of sp³-hybridized carbons (Fsp3) is 0.583.